The van der Waals surface area contributed by atoms with Gasteiger partial charge in [0.25, 0.3) is 0 Å². The van der Waals surface area contributed by atoms with E-state index in [1.54, 1.807) is 0 Å². The molecule has 3 nitrogen and oxygen atoms in total. The summed E-state index contributed by atoms with van der Waals surface area (Å²) in [5.74, 6) is 3.84. The largest absolute Gasteiger partial charge is 0.393 e. The fourth-order valence-electron chi connectivity index (χ4n) is 9.18. The molecule has 0 aromatic rings. The van der Waals surface area contributed by atoms with E-state index < -0.39 is 0 Å². The zero-order chi connectivity index (χ0) is 19.7. The van der Waals surface area contributed by atoms with Gasteiger partial charge in [0.05, 0.1) is 19.3 Å². The maximum Gasteiger partial charge on any atom is 0.168 e. The lowest BCUT2D eigenvalue weighted by Crippen LogP contribution is -2.60. The van der Waals surface area contributed by atoms with Gasteiger partial charge in [-0.15, -0.1) is 0 Å². The zero-order valence-electron chi connectivity index (χ0n) is 18.6. The van der Waals surface area contributed by atoms with Crippen LogP contribution in [-0.2, 0) is 9.47 Å². The van der Waals surface area contributed by atoms with Crippen LogP contribution in [0, 0.1) is 46.3 Å². The molecule has 0 radical (unpaired) electrons. The normalized spacial score (nSPS) is 53.5. The smallest absolute Gasteiger partial charge is 0.168 e. The first-order valence-corrected chi connectivity index (χ1v) is 12.3. The van der Waals surface area contributed by atoms with Crippen molar-refractivity contribution in [3.8, 4) is 0 Å². The van der Waals surface area contributed by atoms with Crippen molar-refractivity contribution in [3.63, 3.8) is 0 Å². The first kappa shape index (κ1) is 19.8. The Labute approximate surface area is 171 Å². The lowest BCUT2D eigenvalue weighted by molar-refractivity contribution is -0.243. The summed E-state index contributed by atoms with van der Waals surface area (Å²) in [6, 6.07) is 0. The SMILES string of the molecule is CC[C@@H](C)[C@H]1CC[C@H]2[C@@H]3[C@H](O)C[C@H]4CC5(CC[C@]4(C)[C@H]3CC[C@]12C)OCCO5. The molecular weight excluding hydrogens is 348 g/mol. The van der Waals surface area contributed by atoms with Crippen LogP contribution in [0.5, 0.6) is 0 Å². The maximum atomic E-state index is 11.5. The summed E-state index contributed by atoms with van der Waals surface area (Å²) in [5, 5.41) is 11.5. The Balaban J connectivity index is 1.42. The van der Waals surface area contributed by atoms with Crippen molar-refractivity contribution in [1.82, 2.24) is 0 Å². The maximum absolute atomic E-state index is 11.5. The minimum absolute atomic E-state index is 0.125. The molecule has 0 aromatic heterocycles. The van der Waals surface area contributed by atoms with Crippen LogP contribution in [0.3, 0.4) is 0 Å². The second-order valence-electron chi connectivity index (χ2n) is 11.7. The average molecular weight is 391 g/mol. The van der Waals surface area contributed by atoms with Gasteiger partial charge in [-0.05, 0) is 84.9 Å². The van der Waals surface area contributed by atoms with Crippen LogP contribution in [0.15, 0.2) is 0 Å². The summed E-state index contributed by atoms with van der Waals surface area (Å²) in [5.41, 5.74) is 0.814. The molecule has 3 heteroatoms. The first-order chi connectivity index (χ1) is 13.3. The molecule has 4 saturated carbocycles. The molecule has 0 aromatic carbocycles. The highest BCUT2D eigenvalue weighted by molar-refractivity contribution is 5.12. The van der Waals surface area contributed by atoms with Gasteiger partial charge >= 0.3 is 0 Å². The Morgan fingerprint density at radius 1 is 0.964 bits per heavy atom. The third-order valence-electron chi connectivity index (χ3n) is 10.9. The van der Waals surface area contributed by atoms with E-state index in [2.05, 4.69) is 27.7 Å². The van der Waals surface area contributed by atoms with Crippen LogP contribution in [0.25, 0.3) is 0 Å². The van der Waals surface area contributed by atoms with Gasteiger partial charge in [0, 0.05) is 12.8 Å². The first-order valence-electron chi connectivity index (χ1n) is 12.3. The van der Waals surface area contributed by atoms with Crippen molar-refractivity contribution in [3.05, 3.63) is 0 Å². The van der Waals surface area contributed by atoms with E-state index in [1.807, 2.05) is 0 Å². The second-order valence-corrected chi connectivity index (χ2v) is 11.7. The van der Waals surface area contributed by atoms with Crippen LogP contribution in [-0.4, -0.2) is 30.2 Å². The number of fused-ring (bicyclic) bond motifs is 5. The van der Waals surface area contributed by atoms with Crippen LogP contribution < -0.4 is 0 Å². The fourth-order valence-corrected chi connectivity index (χ4v) is 9.18. The van der Waals surface area contributed by atoms with Crippen molar-refractivity contribution >= 4 is 0 Å². The number of hydrogen-bond acceptors (Lipinski definition) is 3. The van der Waals surface area contributed by atoms with E-state index in [0.717, 1.165) is 50.2 Å². The third kappa shape index (κ3) is 2.64. The Kier molecular flexibility index (Phi) is 4.73. The van der Waals surface area contributed by atoms with Gasteiger partial charge in [-0.1, -0.05) is 34.1 Å². The molecular formula is C25H42O3. The monoisotopic (exact) mass is 390 g/mol. The molecule has 5 rings (SSSR count). The van der Waals surface area contributed by atoms with Crippen molar-refractivity contribution in [2.75, 3.05) is 13.2 Å². The molecule has 0 unspecified atom stereocenters. The predicted molar refractivity (Wildman–Crippen MR) is 111 cm³/mol. The van der Waals surface area contributed by atoms with Gasteiger partial charge in [0.15, 0.2) is 5.79 Å². The lowest BCUT2D eigenvalue weighted by Gasteiger charge is -2.63. The third-order valence-corrected chi connectivity index (χ3v) is 10.9. The van der Waals surface area contributed by atoms with Gasteiger partial charge in [-0.25, -0.2) is 0 Å². The molecule has 1 spiro atoms. The zero-order valence-corrected chi connectivity index (χ0v) is 18.6. The van der Waals surface area contributed by atoms with Crippen LogP contribution in [0.4, 0.5) is 0 Å². The molecule has 1 N–H and O–H groups in total. The summed E-state index contributed by atoms with van der Waals surface area (Å²) in [6.07, 6.45) is 10.8. The van der Waals surface area contributed by atoms with E-state index in [-0.39, 0.29) is 11.9 Å². The number of hydrogen-bond donors (Lipinski definition) is 1. The standard InChI is InChI=1S/C25H42O3/c1-5-16(2)18-6-7-19-22-20(8-9-24(18,19)4)23(3)10-11-25(27-12-13-28-25)15-17(23)14-21(22)26/h16-22,26H,5-15H2,1-4H3/t16-,17+,18-,19+,20+,21-,22+,23+,24-/m1/s1. The summed E-state index contributed by atoms with van der Waals surface area (Å²) in [6.45, 7) is 11.5. The van der Waals surface area contributed by atoms with Crippen LogP contribution in [0.2, 0.25) is 0 Å². The molecule has 0 amide bonds. The van der Waals surface area contributed by atoms with Crippen molar-refractivity contribution in [1.29, 1.82) is 0 Å². The molecule has 1 aliphatic heterocycles. The molecule has 28 heavy (non-hydrogen) atoms. The summed E-state index contributed by atoms with van der Waals surface area (Å²) in [4.78, 5) is 0. The molecule has 5 fully saturated rings. The number of aliphatic hydroxyl groups excluding tert-OH is 1. The summed E-state index contributed by atoms with van der Waals surface area (Å²) >= 11 is 0. The van der Waals surface area contributed by atoms with Crippen LogP contribution in [0.1, 0.15) is 85.5 Å². The number of rotatable bonds is 2. The van der Waals surface area contributed by atoms with Gasteiger partial charge < -0.3 is 14.6 Å². The van der Waals surface area contributed by atoms with Crippen molar-refractivity contribution in [2.45, 2.75) is 97.4 Å². The Morgan fingerprint density at radius 2 is 1.68 bits per heavy atom. The lowest BCUT2D eigenvalue weighted by atomic mass is 9.43. The molecule has 0 bridgehead atoms. The Hall–Kier alpha value is -0.120. The van der Waals surface area contributed by atoms with Crippen molar-refractivity contribution < 1.29 is 14.6 Å². The second kappa shape index (κ2) is 6.69. The van der Waals surface area contributed by atoms with E-state index in [9.17, 15) is 5.11 Å². The minimum Gasteiger partial charge on any atom is -0.393 e. The average Bonchev–Trinajstić information content (AvgIpc) is 3.27. The van der Waals surface area contributed by atoms with E-state index in [4.69, 9.17) is 9.47 Å². The molecule has 9 atom stereocenters. The van der Waals surface area contributed by atoms with Crippen molar-refractivity contribution in [2.24, 2.45) is 46.3 Å². The highest BCUT2D eigenvalue weighted by atomic mass is 16.7. The summed E-state index contributed by atoms with van der Waals surface area (Å²) < 4.78 is 12.2. The van der Waals surface area contributed by atoms with Crippen LogP contribution >= 0.6 is 0 Å². The summed E-state index contributed by atoms with van der Waals surface area (Å²) in [7, 11) is 0. The van der Waals surface area contributed by atoms with Gasteiger partial charge in [0.2, 0.25) is 0 Å². The fraction of sp³-hybridized carbons (Fsp3) is 1.00. The minimum atomic E-state index is -0.324. The molecule has 1 saturated heterocycles. The highest BCUT2D eigenvalue weighted by Gasteiger charge is 2.64. The quantitative estimate of drug-likeness (QED) is 0.685. The molecule has 4 aliphatic carbocycles. The Morgan fingerprint density at radius 3 is 2.39 bits per heavy atom. The molecule has 5 aliphatic rings. The topological polar surface area (TPSA) is 38.7 Å². The van der Waals surface area contributed by atoms with Gasteiger partial charge in [-0.2, -0.15) is 0 Å². The molecule has 1 heterocycles. The van der Waals surface area contributed by atoms with E-state index in [1.165, 1.54) is 38.5 Å². The van der Waals surface area contributed by atoms with E-state index in [0.29, 0.717) is 28.6 Å². The number of ether oxygens (including phenoxy) is 2. The highest BCUT2D eigenvalue weighted by Crippen LogP contribution is 2.69. The molecule has 160 valence electrons. The number of aliphatic hydroxyl groups is 1. The predicted octanol–water partition coefficient (Wildman–Crippen LogP) is 5.41. The van der Waals surface area contributed by atoms with Gasteiger partial charge in [-0.3, -0.25) is 0 Å². The van der Waals surface area contributed by atoms with E-state index >= 15 is 0 Å². The van der Waals surface area contributed by atoms with Gasteiger partial charge in [0.1, 0.15) is 0 Å². The Bertz CT molecular complexity index is 599.